The average molecular weight is 324 g/mol. The van der Waals surface area contributed by atoms with Crippen LogP contribution in [0.2, 0.25) is 0 Å². The molecule has 1 aromatic carbocycles. The van der Waals surface area contributed by atoms with E-state index in [1.165, 1.54) is 0 Å². The summed E-state index contributed by atoms with van der Waals surface area (Å²) >= 11 is 3.46. The lowest BCUT2D eigenvalue weighted by molar-refractivity contribution is 0.323. The maximum absolute atomic E-state index is 6.00. The van der Waals surface area contributed by atoms with Gasteiger partial charge in [0.15, 0.2) is 5.82 Å². The molecule has 1 heterocycles. The zero-order chi connectivity index (χ0) is 14.2. The number of nitrogens with zero attached hydrogens (tertiary/aromatic N) is 4. The summed E-state index contributed by atoms with van der Waals surface area (Å²) in [5.74, 6) is 0.750. The molecule has 0 fully saturated rings. The fourth-order valence-corrected chi connectivity index (χ4v) is 2.36. The number of anilines is 1. The lowest BCUT2D eigenvalue weighted by Gasteiger charge is -2.19. The van der Waals surface area contributed by atoms with Crippen molar-refractivity contribution in [3.8, 4) is 11.4 Å². The van der Waals surface area contributed by atoms with Gasteiger partial charge in [-0.1, -0.05) is 36.7 Å². The minimum absolute atomic E-state index is 0.107. The lowest BCUT2D eigenvalue weighted by atomic mass is 9.97. The molecule has 0 saturated heterocycles. The molecule has 2 rings (SSSR count). The summed E-state index contributed by atoms with van der Waals surface area (Å²) in [7, 11) is 0. The molecule has 6 heteroatoms. The summed E-state index contributed by atoms with van der Waals surface area (Å²) in [5.41, 5.74) is 8.79. The highest BCUT2D eigenvalue weighted by Crippen LogP contribution is 2.30. The second kappa shape index (κ2) is 4.92. The first-order valence-corrected chi connectivity index (χ1v) is 6.89. The van der Waals surface area contributed by atoms with Crippen LogP contribution in [-0.2, 0) is 6.54 Å². The van der Waals surface area contributed by atoms with Gasteiger partial charge in [0.2, 0.25) is 0 Å². The molecule has 1 aromatic heterocycles. The van der Waals surface area contributed by atoms with E-state index < -0.39 is 0 Å². The maximum atomic E-state index is 6.00. The van der Waals surface area contributed by atoms with E-state index in [-0.39, 0.29) is 5.41 Å². The Morgan fingerprint density at radius 2 is 2.00 bits per heavy atom. The Hall–Kier alpha value is -1.43. The lowest BCUT2D eigenvalue weighted by Crippen LogP contribution is -2.17. The van der Waals surface area contributed by atoms with Crippen LogP contribution < -0.4 is 5.73 Å². The Morgan fingerprint density at radius 3 is 2.63 bits per heavy atom. The number of benzene rings is 1. The SMILES string of the molecule is Cc1c(N)cc(Br)cc1-c1nnnn1CC(C)(C)C. The number of hydrogen-bond acceptors (Lipinski definition) is 4. The van der Waals surface area contributed by atoms with E-state index in [4.69, 9.17) is 5.73 Å². The molecule has 0 spiro atoms. The third-order valence-electron chi connectivity index (χ3n) is 2.81. The van der Waals surface area contributed by atoms with Gasteiger partial charge in [-0.15, -0.1) is 5.10 Å². The van der Waals surface area contributed by atoms with Crippen LogP contribution in [0.1, 0.15) is 26.3 Å². The molecule has 0 bridgehead atoms. The average Bonchev–Trinajstić information content (AvgIpc) is 2.68. The molecule has 0 aliphatic heterocycles. The highest BCUT2D eigenvalue weighted by atomic mass is 79.9. The van der Waals surface area contributed by atoms with Crippen LogP contribution in [-0.4, -0.2) is 20.2 Å². The van der Waals surface area contributed by atoms with Crippen molar-refractivity contribution in [1.82, 2.24) is 20.2 Å². The van der Waals surface area contributed by atoms with Crippen LogP contribution in [0, 0.1) is 12.3 Å². The predicted molar refractivity (Wildman–Crippen MR) is 79.6 cm³/mol. The van der Waals surface area contributed by atoms with Crippen LogP contribution in [0.3, 0.4) is 0 Å². The first-order valence-electron chi connectivity index (χ1n) is 6.10. The van der Waals surface area contributed by atoms with E-state index in [9.17, 15) is 0 Å². The molecule has 0 unspecified atom stereocenters. The zero-order valence-electron chi connectivity index (χ0n) is 11.6. The first kappa shape index (κ1) is 14.0. The standard InChI is InChI=1S/C13H18BrN5/c1-8-10(5-9(14)6-11(8)15)12-16-17-18-19(12)7-13(2,3)4/h5-6H,7,15H2,1-4H3. The van der Waals surface area contributed by atoms with Gasteiger partial charge in [-0.3, -0.25) is 0 Å². The van der Waals surface area contributed by atoms with E-state index >= 15 is 0 Å². The van der Waals surface area contributed by atoms with Crippen molar-refractivity contribution >= 4 is 21.6 Å². The smallest absolute Gasteiger partial charge is 0.182 e. The van der Waals surface area contributed by atoms with Crippen molar-refractivity contribution in [3.63, 3.8) is 0 Å². The van der Waals surface area contributed by atoms with E-state index in [1.807, 2.05) is 23.7 Å². The predicted octanol–water partition coefficient (Wildman–Crippen LogP) is 3.04. The van der Waals surface area contributed by atoms with Crippen LogP contribution >= 0.6 is 15.9 Å². The zero-order valence-corrected chi connectivity index (χ0v) is 13.2. The Balaban J connectivity index is 2.52. The topological polar surface area (TPSA) is 69.6 Å². The molecule has 19 heavy (non-hydrogen) atoms. The van der Waals surface area contributed by atoms with E-state index in [0.717, 1.165) is 33.7 Å². The molecule has 2 N–H and O–H groups in total. The van der Waals surface area contributed by atoms with Gasteiger partial charge in [0.05, 0.1) is 0 Å². The molecule has 0 saturated carbocycles. The summed E-state index contributed by atoms with van der Waals surface area (Å²) in [6.45, 7) is 9.19. The molecule has 0 aliphatic rings. The van der Waals surface area contributed by atoms with E-state index in [0.29, 0.717) is 0 Å². The number of tetrazole rings is 1. The van der Waals surface area contributed by atoms with Crippen molar-refractivity contribution in [2.24, 2.45) is 5.41 Å². The van der Waals surface area contributed by atoms with Crippen molar-refractivity contribution in [2.45, 2.75) is 34.2 Å². The molecule has 2 aromatic rings. The van der Waals surface area contributed by atoms with Crippen LogP contribution in [0.5, 0.6) is 0 Å². The quantitative estimate of drug-likeness (QED) is 0.862. The number of nitrogen functional groups attached to an aromatic ring is 1. The van der Waals surface area contributed by atoms with Gasteiger partial charge in [0.25, 0.3) is 0 Å². The van der Waals surface area contributed by atoms with Crippen molar-refractivity contribution in [1.29, 1.82) is 0 Å². The largest absolute Gasteiger partial charge is 0.398 e. The second-order valence-electron chi connectivity index (χ2n) is 5.89. The number of halogens is 1. The normalized spacial score (nSPS) is 11.8. The second-order valence-corrected chi connectivity index (χ2v) is 6.80. The Bertz CT molecular complexity index is 598. The third kappa shape index (κ3) is 3.12. The van der Waals surface area contributed by atoms with Gasteiger partial charge in [0.1, 0.15) is 0 Å². The molecule has 0 aliphatic carbocycles. The number of hydrogen-bond donors (Lipinski definition) is 1. The van der Waals surface area contributed by atoms with Crippen molar-refractivity contribution < 1.29 is 0 Å². The molecular formula is C13H18BrN5. The van der Waals surface area contributed by atoms with Gasteiger partial charge in [-0.2, -0.15) is 0 Å². The van der Waals surface area contributed by atoms with Gasteiger partial charge >= 0.3 is 0 Å². The van der Waals surface area contributed by atoms with Gasteiger partial charge < -0.3 is 5.73 Å². The van der Waals surface area contributed by atoms with Crippen molar-refractivity contribution in [2.75, 3.05) is 5.73 Å². The highest BCUT2D eigenvalue weighted by molar-refractivity contribution is 9.10. The van der Waals surface area contributed by atoms with Crippen LogP contribution in [0.15, 0.2) is 16.6 Å². The minimum atomic E-state index is 0.107. The molecule has 0 atom stereocenters. The minimum Gasteiger partial charge on any atom is -0.398 e. The number of rotatable bonds is 2. The molecule has 102 valence electrons. The summed E-state index contributed by atoms with van der Waals surface area (Å²) in [5, 5.41) is 12.0. The van der Waals surface area contributed by atoms with E-state index in [2.05, 4.69) is 52.2 Å². The Labute approximate surface area is 121 Å². The monoisotopic (exact) mass is 323 g/mol. The summed E-state index contributed by atoms with van der Waals surface area (Å²) in [4.78, 5) is 0. The fraction of sp³-hybridized carbons (Fsp3) is 0.462. The van der Waals surface area contributed by atoms with E-state index in [1.54, 1.807) is 0 Å². The molecule has 0 amide bonds. The summed E-state index contributed by atoms with van der Waals surface area (Å²) in [6, 6.07) is 3.88. The van der Waals surface area contributed by atoms with Crippen molar-refractivity contribution in [3.05, 3.63) is 22.2 Å². The molecule has 5 nitrogen and oxygen atoms in total. The fourth-order valence-electron chi connectivity index (χ4n) is 1.89. The maximum Gasteiger partial charge on any atom is 0.182 e. The van der Waals surface area contributed by atoms with Crippen LogP contribution in [0.25, 0.3) is 11.4 Å². The molecular weight excluding hydrogens is 306 g/mol. The summed E-state index contributed by atoms with van der Waals surface area (Å²) in [6.07, 6.45) is 0. The Morgan fingerprint density at radius 1 is 1.32 bits per heavy atom. The first-order chi connectivity index (χ1) is 8.78. The van der Waals surface area contributed by atoms with Gasteiger partial charge in [0, 0.05) is 22.3 Å². The number of aromatic nitrogens is 4. The number of nitrogens with two attached hydrogens (primary N) is 1. The van der Waals surface area contributed by atoms with Crippen LogP contribution in [0.4, 0.5) is 5.69 Å². The van der Waals surface area contributed by atoms with Gasteiger partial charge in [-0.05, 0) is 40.5 Å². The Kier molecular flexibility index (Phi) is 3.62. The highest BCUT2D eigenvalue weighted by Gasteiger charge is 2.18. The molecule has 0 radical (unpaired) electrons. The summed E-state index contributed by atoms with van der Waals surface area (Å²) < 4.78 is 2.75. The third-order valence-corrected chi connectivity index (χ3v) is 3.27. The van der Waals surface area contributed by atoms with Gasteiger partial charge in [-0.25, -0.2) is 4.68 Å².